The van der Waals surface area contributed by atoms with Crippen molar-refractivity contribution in [3.8, 4) is 0 Å². The van der Waals surface area contributed by atoms with E-state index in [0.29, 0.717) is 17.6 Å². The number of aliphatic hydroxyl groups excluding tert-OH is 2. The normalized spacial score (nSPS) is 27.1. The number of carboxylic acid groups (broad SMARTS) is 1. The van der Waals surface area contributed by atoms with Crippen LogP contribution in [0.4, 0.5) is 5.82 Å². The first-order valence-corrected chi connectivity index (χ1v) is 11.0. The molecule has 0 amide bonds. The maximum Gasteiger partial charge on any atom is 0.320 e. The highest BCUT2D eigenvalue weighted by molar-refractivity contribution is 7.95. The Balaban J connectivity index is 1.69. The van der Waals surface area contributed by atoms with Crippen LogP contribution < -0.4 is 11.1 Å². The lowest BCUT2D eigenvalue weighted by molar-refractivity contribution is -0.139. The summed E-state index contributed by atoms with van der Waals surface area (Å²) < 4.78 is 7.28. The molecular formula is C16H25N6O5S+. The highest BCUT2D eigenvalue weighted by Crippen LogP contribution is 2.31. The largest absolute Gasteiger partial charge is 0.480 e. The highest BCUT2D eigenvalue weighted by Gasteiger charge is 2.44. The fourth-order valence-electron chi connectivity index (χ4n) is 3.11. The van der Waals surface area contributed by atoms with E-state index in [2.05, 4.69) is 32.8 Å². The number of hydrogen-bond donors (Lipinski definition) is 5. The number of nitrogens with one attached hydrogen (secondary N) is 1. The number of nitrogens with two attached hydrogens (primary N) is 1. The SMILES string of the molecule is C[S+]([14CH3])CC[C@H](NC[C@H]1O[C@@H](n2cnc3c(N)ncnc32)[C@H](O)[C@@H]1O)C(=O)O. The van der Waals surface area contributed by atoms with Gasteiger partial charge >= 0.3 is 5.97 Å². The summed E-state index contributed by atoms with van der Waals surface area (Å²) >= 11 is 0. The number of imidazole rings is 1. The number of fused-ring (bicyclic) bond motifs is 1. The van der Waals surface area contributed by atoms with Gasteiger partial charge in [0.05, 0.1) is 18.8 Å². The Labute approximate surface area is 164 Å². The summed E-state index contributed by atoms with van der Waals surface area (Å²) in [6, 6.07) is -0.747. The van der Waals surface area contributed by atoms with Crippen molar-refractivity contribution < 1.29 is 24.9 Å². The lowest BCUT2D eigenvalue weighted by Gasteiger charge is -2.19. The molecule has 2 aromatic heterocycles. The van der Waals surface area contributed by atoms with Gasteiger partial charge in [-0.1, -0.05) is 0 Å². The summed E-state index contributed by atoms with van der Waals surface area (Å²) in [5.74, 6) is 0.0267. The molecule has 3 rings (SSSR count). The Hall–Kier alpha value is -1.99. The second-order valence-electron chi connectivity index (χ2n) is 6.91. The van der Waals surface area contributed by atoms with Crippen LogP contribution >= 0.6 is 0 Å². The van der Waals surface area contributed by atoms with Crippen molar-refractivity contribution in [3.63, 3.8) is 0 Å². The minimum atomic E-state index is -1.24. The molecule has 0 aromatic carbocycles. The summed E-state index contributed by atoms with van der Waals surface area (Å²) in [4.78, 5) is 23.6. The molecular weight excluding hydrogens is 390 g/mol. The molecule has 6 atom stereocenters. The van der Waals surface area contributed by atoms with Gasteiger partial charge in [-0.05, 0) is 10.9 Å². The van der Waals surface area contributed by atoms with Crippen LogP contribution in [0.5, 0.6) is 0 Å². The molecule has 1 unspecified atom stereocenters. The molecule has 0 bridgehead atoms. The predicted octanol–water partition coefficient (Wildman–Crippen LogP) is -1.66. The summed E-state index contributed by atoms with van der Waals surface area (Å²) in [5, 5.41) is 33.1. The van der Waals surface area contributed by atoms with Gasteiger partial charge in [0.15, 0.2) is 17.7 Å². The molecule has 12 heteroatoms. The second-order valence-corrected chi connectivity index (χ2v) is 9.29. The van der Waals surface area contributed by atoms with Gasteiger partial charge in [0.1, 0.15) is 42.0 Å². The molecule has 1 aliphatic heterocycles. The number of hydrogen-bond acceptors (Lipinski definition) is 9. The number of aromatic nitrogens is 4. The van der Waals surface area contributed by atoms with Crippen LogP contribution in [0.2, 0.25) is 0 Å². The number of rotatable bonds is 8. The van der Waals surface area contributed by atoms with Gasteiger partial charge in [0.25, 0.3) is 0 Å². The van der Waals surface area contributed by atoms with E-state index in [-0.39, 0.29) is 23.3 Å². The van der Waals surface area contributed by atoms with Gasteiger partial charge in [-0.25, -0.2) is 15.0 Å². The number of carboxylic acids is 1. The van der Waals surface area contributed by atoms with Gasteiger partial charge < -0.3 is 31.1 Å². The topological polar surface area (TPSA) is 169 Å². The number of nitrogen functional groups attached to an aromatic ring is 1. The third-order valence-corrected chi connectivity index (χ3v) is 5.73. The minimum absolute atomic E-state index is 0.0800. The minimum Gasteiger partial charge on any atom is -0.480 e. The van der Waals surface area contributed by atoms with Crippen molar-refractivity contribution in [2.24, 2.45) is 0 Å². The first-order valence-electron chi connectivity index (χ1n) is 8.74. The zero-order chi connectivity index (χ0) is 20.4. The summed E-state index contributed by atoms with van der Waals surface area (Å²) in [7, 11) is 0.131. The fourth-order valence-corrected chi connectivity index (χ4v) is 3.82. The molecule has 1 fully saturated rings. The van der Waals surface area contributed by atoms with Crippen LogP contribution in [-0.2, 0) is 20.4 Å². The number of carbonyl (C=O) groups is 1. The molecule has 1 saturated heterocycles. The third-order valence-electron chi connectivity index (χ3n) is 4.68. The highest BCUT2D eigenvalue weighted by atomic mass is 32.2. The third kappa shape index (κ3) is 4.20. The van der Waals surface area contributed by atoms with Crippen molar-refractivity contribution in [1.82, 2.24) is 24.8 Å². The van der Waals surface area contributed by atoms with E-state index >= 15 is 0 Å². The van der Waals surface area contributed by atoms with E-state index in [0.717, 1.165) is 5.75 Å². The smallest absolute Gasteiger partial charge is 0.320 e. The van der Waals surface area contributed by atoms with Crippen molar-refractivity contribution >= 4 is 33.8 Å². The summed E-state index contributed by atoms with van der Waals surface area (Å²) in [5.41, 5.74) is 6.52. The predicted molar refractivity (Wildman–Crippen MR) is 104 cm³/mol. The van der Waals surface area contributed by atoms with E-state index in [9.17, 15) is 20.1 Å². The van der Waals surface area contributed by atoms with Crippen molar-refractivity contribution in [2.75, 3.05) is 30.5 Å². The molecule has 0 radical (unpaired) electrons. The van der Waals surface area contributed by atoms with E-state index in [4.69, 9.17) is 10.5 Å². The molecule has 28 heavy (non-hydrogen) atoms. The van der Waals surface area contributed by atoms with Crippen LogP contribution in [0.15, 0.2) is 12.7 Å². The van der Waals surface area contributed by atoms with E-state index in [1.807, 2.05) is 0 Å². The Morgan fingerprint density at radius 1 is 1.43 bits per heavy atom. The monoisotopic (exact) mass is 415 g/mol. The Morgan fingerprint density at radius 3 is 2.86 bits per heavy atom. The number of nitrogens with zero attached hydrogens (tertiary/aromatic N) is 4. The van der Waals surface area contributed by atoms with Crippen LogP contribution in [0.1, 0.15) is 12.6 Å². The van der Waals surface area contributed by atoms with E-state index in [1.54, 1.807) is 0 Å². The first-order chi connectivity index (χ1) is 13.3. The van der Waals surface area contributed by atoms with Gasteiger partial charge in [0.2, 0.25) is 0 Å². The molecule has 1 aliphatic rings. The number of anilines is 1. The molecule has 154 valence electrons. The number of ether oxygens (including phenoxy) is 1. The standard InChI is InChI=1S/C16H24N6O5S/c1-28(2)4-3-8(16(25)26)18-5-9-11(23)12(24)15(27-9)22-7-21-10-13(17)19-6-20-14(10)22/h6-9,11-12,15,18,23-24H,3-5H2,1-2H3,(H2-,17,19,20,25,26)/p+1/t8-,9+,11+,12+,15+/m0/s1/i1+2/t8-,9+,11+,12+,15+,28?. The second kappa shape index (κ2) is 8.57. The molecule has 3 heterocycles. The maximum absolute atomic E-state index is 11.4. The van der Waals surface area contributed by atoms with Crippen LogP contribution in [-0.4, -0.2) is 90.0 Å². The van der Waals surface area contributed by atoms with Gasteiger partial charge in [-0.3, -0.25) is 9.36 Å². The van der Waals surface area contributed by atoms with Gasteiger partial charge in [-0.15, -0.1) is 0 Å². The van der Waals surface area contributed by atoms with Crippen LogP contribution in [0, 0.1) is 0 Å². The Bertz CT molecular complexity index is 833. The average Bonchev–Trinajstić information content (AvgIpc) is 3.18. The molecule has 0 saturated carbocycles. The maximum atomic E-state index is 11.4. The quantitative estimate of drug-likeness (QED) is 0.315. The zero-order valence-electron chi connectivity index (χ0n) is 15.6. The lowest BCUT2D eigenvalue weighted by atomic mass is 10.1. The van der Waals surface area contributed by atoms with Gasteiger partial charge in [-0.2, -0.15) is 0 Å². The molecule has 6 N–H and O–H groups in total. The Kier molecular flexibility index (Phi) is 6.35. The summed E-state index contributed by atoms with van der Waals surface area (Å²) in [6.07, 6.45) is 3.11. The van der Waals surface area contributed by atoms with Crippen molar-refractivity contribution in [3.05, 3.63) is 12.7 Å². The molecule has 0 aliphatic carbocycles. The van der Waals surface area contributed by atoms with Crippen molar-refractivity contribution in [2.45, 2.75) is 37.0 Å². The van der Waals surface area contributed by atoms with Crippen molar-refractivity contribution in [1.29, 1.82) is 0 Å². The van der Waals surface area contributed by atoms with Crippen LogP contribution in [0.3, 0.4) is 0 Å². The first kappa shape index (κ1) is 20.7. The lowest BCUT2D eigenvalue weighted by Crippen LogP contribution is -2.45. The number of aliphatic carboxylic acids is 1. The molecule has 11 nitrogen and oxygen atoms in total. The molecule has 2 aromatic rings. The zero-order valence-corrected chi connectivity index (χ0v) is 16.4. The fraction of sp³-hybridized carbons (Fsp3) is 0.625. The average molecular weight is 415 g/mol. The summed E-state index contributed by atoms with van der Waals surface area (Å²) in [6.45, 7) is 0.0800. The van der Waals surface area contributed by atoms with Gasteiger partial charge in [0, 0.05) is 13.0 Å². The van der Waals surface area contributed by atoms with Crippen LogP contribution in [0.25, 0.3) is 11.2 Å². The van der Waals surface area contributed by atoms with E-state index in [1.165, 1.54) is 17.2 Å². The van der Waals surface area contributed by atoms with E-state index < -0.39 is 36.6 Å². The Morgan fingerprint density at radius 2 is 2.18 bits per heavy atom. The molecule has 0 spiro atoms. The number of aliphatic hydroxyl groups is 2.